The molecule has 2 rings (SSSR count). The fourth-order valence-corrected chi connectivity index (χ4v) is 2.08. The average molecular weight is 200 g/mol. The predicted octanol–water partition coefficient (Wildman–Crippen LogP) is 0.339. The van der Waals surface area contributed by atoms with Crippen molar-refractivity contribution in [3.05, 3.63) is 0 Å². The number of aromatic nitrogens is 4. The van der Waals surface area contributed by atoms with Crippen LogP contribution in [0.25, 0.3) is 0 Å². The van der Waals surface area contributed by atoms with Gasteiger partial charge in [-0.15, -0.1) is 5.10 Å². The SMILES string of the molecule is Cn1nnnc1SCC1(C)COC1. The zero-order chi connectivity index (χ0) is 9.31. The Bertz CT molecular complexity index is 296. The van der Waals surface area contributed by atoms with Crippen molar-refractivity contribution in [1.82, 2.24) is 20.2 Å². The third-order valence-corrected chi connectivity index (χ3v) is 3.48. The zero-order valence-corrected chi connectivity index (χ0v) is 8.54. The first kappa shape index (κ1) is 8.96. The average Bonchev–Trinajstić information content (AvgIpc) is 2.44. The van der Waals surface area contributed by atoms with Crippen LogP contribution < -0.4 is 0 Å². The summed E-state index contributed by atoms with van der Waals surface area (Å²) in [4.78, 5) is 0. The topological polar surface area (TPSA) is 52.8 Å². The van der Waals surface area contributed by atoms with E-state index in [-0.39, 0.29) is 0 Å². The highest BCUT2D eigenvalue weighted by Gasteiger charge is 2.33. The van der Waals surface area contributed by atoms with E-state index in [1.54, 1.807) is 16.4 Å². The van der Waals surface area contributed by atoms with Gasteiger partial charge in [0.2, 0.25) is 5.16 Å². The van der Waals surface area contributed by atoms with Crippen LogP contribution in [0.5, 0.6) is 0 Å². The zero-order valence-electron chi connectivity index (χ0n) is 7.73. The Morgan fingerprint density at radius 2 is 2.38 bits per heavy atom. The monoisotopic (exact) mass is 200 g/mol. The lowest BCUT2D eigenvalue weighted by atomic mass is 9.92. The summed E-state index contributed by atoms with van der Waals surface area (Å²) in [5.41, 5.74) is 0.316. The van der Waals surface area contributed by atoms with E-state index in [9.17, 15) is 0 Å². The van der Waals surface area contributed by atoms with Crippen molar-refractivity contribution < 1.29 is 4.74 Å². The van der Waals surface area contributed by atoms with Crippen molar-refractivity contribution in [3.63, 3.8) is 0 Å². The molecule has 0 bridgehead atoms. The van der Waals surface area contributed by atoms with E-state index in [0.717, 1.165) is 24.1 Å². The van der Waals surface area contributed by atoms with Gasteiger partial charge >= 0.3 is 0 Å². The molecule has 1 aromatic heterocycles. The first-order valence-electron chi connectivity index (χ1n) is 4.13. The van der Waals surface area contributed by atoms with E-state index in [1.165, 1.54) is 0 Å². The molecule has 0 unspecified atom stereocenters. The molecule has 1 aliphatic rings. The fourth-order valence-electron chi connectivity index (χ4n) is 1.12. The van der Waals surface area contributed by atoms with Crippen molar-refractivity contribution in [2.75, 3.05) is 19.0 Å². The lowest BCUT2D eigenvalue weighted by Crippen LogP contribution is -2.41. The molecule has 0 saturated carbocycles. The largest absolute Gasteiger partial charge is 0.380 e. The van der Waals surface area contributed by atoms with Crippen LogP contribution in [0.3, 0.4) is 0 Å². The van der Waals surface area contributed by atoms with E-state index in [4.69, 9.17) is 4.74 Å². The number of thioether (sulfide) groups is 1. The summed E-state index contributed by atoms with van der Waals surface area (Å²) in [5.74, 6) is 1.02. The van der Waals surface area contributed by atoms with Gasteiger partial charge in [-0.3, -0.25) is 0 Å². The molecule has 0 atom stereocenters. The number of rotatable bonds is 3. The van der Waals surface area contributed by atoms with E-state index < -0.39 is 0 Å². The highest BCUT2D eigenvalue weighted by Crippen LogP contribution is 2.32. The molecule has 0 spiro atoms. The van der Waals surface area contributed by atoms with Gasteiger partial charge in [0.05, 0.1) is 13.2 Å². The predicted molar refractivity (Wildman–Crippen MR) is 48.4 cm³/mol. The Morgan fingerprint density at radius 1 is 1.62 bits per heavy atom. The van der Waals surface area contributed by atoms with E-state index >= 15 is 0 Å². The van der Waals surface area contributed by atoms with Gasteiger partial charge in [-0.1, -0.05) is 18.7 Å². The Morgan fingerprint density at radius 3 is 2.85 bits per heavy atom. The second-order valence-electron chi connectivity index (χ2n) is 3.68. The van der Waals surface area contributed by atoms with Crippen LogP contribution in [0.15, 0.2) is 5.16 Å². The molecule has 13 heavy (non-hydrogen) atoms. The first-order valence-corrected chi connectivity index (χ1v) is 5.11. The second-order valence-corrected chi connectivity index (χ2v) is 4.62. The van der Waals surface area contributed by atoms with Crippen LogP contribution in [0, 0.1) is 5.41 Å². The normalized spacial score (nSPS) is 19.8. The van der Waals surface area contributed by atoms with Crippen LogP contribution in [0.1, 0.15) is 6.92 Å². The van der Waals surface area contributed by atoms with Crippen molar-refractivity contribution >= 4 is 11.8 Å². The van der Waals surface area contributed by atoms with Gasteiger partial charge in [0, 0.05) is 18.2 Å². The van der Waals surface area contributed by atoms with E-state index in [1.807, 2.05) is 7.05 Å². The molecule has 0 amide bonds. The van der Waals surface area contributed by atoms with Gasteiger partial charge < -0.3 is 4.74 Å². The quantitative estimate of drug-likeness (QED) is 0.658. The smallest absolute Gasteiger partial charge is 0.209 e. The van der Waals surface area contributed by atoms with Gasteiger partial charge in [-0.05, 0) is 10.4 Å². The summed E-state index contributed by atoms with van der Waals surface area (Å²) in [6, 6.07) is 0. The number of hydrogen-bond acceptors (Lipinski definition) is 5. The minimum Gasteiger partial charge on any atom is -0.380 e. The summed E-state index contributed by atoms with van der Waals surface area (Å²) < 4.78 is 6.85. The van der Waals surface area contributed by atoms with Crippen molar-refractivity contribution in [2.45, 2.75) is 12.1 Å². The Hall–Kier alpha value is -0.620. The summed E-state index contributed by atoms with van der Waals surface area (Å²) in [6.45, 7) is 3.92. The van der Waals surface area contributed by atoms with Gasteiger partial charge in [0.15, 0.2) is 0 Å². The van der Waals surface area contributed by atoms with Gasteiger partial charge in [0.25, 0.3) is 0 Å². The maximum Gasteiger partial charge on any atom is 0.209 e. The van der Waals surface area contributed by atoms with E-state index in [0.29, 0.717) is 5.41 Å². The minimum absolute atomic E-state index is 0.316. The molecule has 6 heteroatoms. The molecular formula is C7H12N4OS. The Kier molecular flexibility index (Phi) is 2.25. The van der Waals surface area contributed by atoms with Crippen molar-refractivity contribution in [1.29, 1.82) is 0 Å². The molecule has 0 radical (unpaired) electrons. The Balaban J connectivity index is 1.89. The van der Waals surface area contributed by atoms with Crippen LogP contribution >= 0.6 is 11.8 Å². The van der Waals surface area contributed by atoms with Crippen LogP contribution in [-0.2, 0) is 11.8 Å². The molecule has 2 heterocycles. The molecule has 0 aromatic carbocycles. The third kappa shape index (κ3) is 1.83. The molecule has 1 saturated heterocycles. The van der Waals surface area contributed by atoms with Crippen LogP contribution in [0.2, 0.25) is 0 Å². The maximum absolute atomic E-state index is 5.17. The molecular weight excluding hydrogens is 188 g/mol. The molecule has 72 valence electrons. The first-order chi connectivity index (χ1) is 6.20. The van der Waals surface area contributed by atoms with Crippen LogP contribution in [0.4, 0.5) is 0 Å². The van der Waals surface area contributed by atoms with Gasteiger partial charge in [-0.2, -0.15) is 0 Å². The molecule has 0 aliphatic carbocycles. The molecule has 1 fully saturated rings. The summed E-state index contributed by atoms with van der Waals surface area (Å²) in [6.07, 6.45) is 0. The lowest BCUT2D eigenvalue weighted by Gasteiger charge is -2.37. The van der Waals surface area contributed by atoms with Crippen molar-refractivity contribution in [3.8, 4) is 0 Å². The number of hydrogen-bond donors (Lipinski definition) is 0. The maximum atomic E-state index is 5.17. The number of tetrazole rings is 1. The molecule has 5 nitrogen and oxygen atoms in total. The molecule has 1 aliphatic heterocycles. The number of nitrogens with zero attached hydrogens (tertiary/aromatic N) is 4. The second kappa shape index (κ2) is 3.26. The van der Waals surface area contributed by atoms with Crippen molar-refractivity contribution in [2.24, 2.45) is 12.5 Å². The summed E-state index contributed by atoms with van der Waals surface area (Å²) in [7, 11) is 1.85. The molecule has 1 aromatic rings. The molecule has 0 N–H and O–H groups in total. The standard InChI is InChI=1S/C7H12N4OS/c1-7(3-12-4-7)5-13-6-8-9-10-11(6)2/h3-5H2,1-2H3. The van der Waals surface area contributed by atoms with Crippen LogP contribution in [-0.4, -0.2) is 39.2 Å². The summed E-state index contributed by atoms with van der Waals surface area (Å²) >= 11 is 1.68. The lowest BCUT2D eigenvalue weighted by molar-refractivity contribution is -0.0861. The Labute approximate surface area is 80.8 Å². The fraction of sp³-hybridized carbons (Fsp3) is 0.857. The highest BCUT2D eigenvalue weighted by atomic mass is 32.2. The third-order valence-electron chi connectivity index (χ3n) is 2.03. The number of aryl methyl sites for hydroxylation is 1. The minimum atomic E-state index is 0.316. The van der Waals surface area contributed by atoms with E-state index in [2.05, 4.69) is 22.4 Å². The summed E-state index contributed by atoms with van der Waals surface area (Å²) in [5, 5.41) is 12.1. The van der Waals surface area contributed by atoms with Gasteiger partial charge in [0.1, 0.15) is 0 Å². The number of ether oxygens (including phenoxy) is 1. The van der Waals surface area contributed by atoms with Gasteiger partial charge in [-0.25, -0.2) is 4.68 Å². The highest BCUT2D eigenvalue weighted by molar-refractivity contribution is 7.99.